The van der Waals surface area contributed by atoms with Crippen molar-refractivity contribution in [3.05, 3.63) is 71.8 Å². The summed E-state index contributed by atoms with van der Waals surface area (Å²) in [7, 11) is 0. The molecule has 0 aliphatic heterocycles. The van der Waals surface area contributed by atoms with Crippen LogP contribution in [0.15, 0.2) is 60.7 Å². The average Bonchev–Trinajstić information content (AvgIpc) is 2.89. The highest BCUT2D eigenvalue weighted by Gasteiger charge is 2.41. The second kappa shape index (κ2) is 14.4. The Kier molecular flexibility index (Phi) is 11.6. The number of nitrogens with one attached hydrogen (secondary N) is 1. The van der Waals surface area contributed by atoms with E-state index in [1.54, 1.807) is 24.3 Å². The molecule has 2 rings (SSSR count). The van der Waals surface area contributed by atoms with E-state index in [0.29, 0.717) is 13.0 Å². The molecule has 8 heteroatoms. The molecule has 0 bridgehead atoms. The Labute approximate surface area is 213 Å². The third-order valence-electron chi connectivity index (χ3n) is 6.12. The Balaban J connectivity index is 2.43. The van der Waals surface area contributed by atoms with E-state index in [1.807, 2.05) is 64.1 Å². The lowest BCUT2D eigenvalue weighted by Crippen LogP contribution is -2.60. The fourth-order valence-electron chi connectivity index (χ4n) is 3.62. The lowest BCUT2D eigenvalue weighted by atomic mass is 9.95. The third-order valence-corrected chi connectivity index (χ3v) is 6.12. The summed E-state index contributed by atoms with van der Waals surface area (Å²) >= 11 is 0. The number of nitrogens with two attached hydrogens (primary N) is 1. The topological polar surface area (TPSA) is 122 Å². The molecule has 0 aliphatic rings. The van der Waals surface area contributed by atoms with Crippen LogP contribution in [0.25, 0.3) is 0 Å². The molecule has 0 fully saturated rings. The van der Waals surface area contributed by atoms with Crippen LogP contribution in [0.4, 0.5) is 4.79 Å². The number of benzene rings is 2. The number of hydrogen-bond acceptors (Lipinski definition) is 6. The number of hydrogen-bond donors (Lipinski definition) is 3. The van der Waals surface area contributed by atoms with Gasteiger partial charge < -0.3 is 20.9 Å². The number of imide groups is 1. The molecular weight excluding hydrogens is 458 g/mol. The fraction of sp³-hybridized carbons (Fsp3) is 0.464. The molecule has 196 valence electrons. The Morgan fingerprint density at radius 3 is 2.06 bits per heavy atom. The van der Waals surface area contributed by atoms with E-state index < -0.39 is 36.1 Å². The normalized spacial score (nSPS) is 14.4. The van der Waals surface area contributed by atoms with Crippen LogP contribution in [0, 0.1) is 11.8 Å². The summed E-state index contributed by atoms with van der Waals surface area (Å²) in [4.78, 5) is 40.7. The highest BCUT2D eigenvalue weighted by atomic mass is 16.6. The van der Waals surface area contributed by atoms with Gasteiger partial charge in [0.25, 0.3) is 5.91 Å². The van der Waals surface area contributed by atoms with Gasteiger partial charge in [0.05, 0.1) is 12.1 Å². The van der Waals surface area contributed by atoms with E-state index in [0.717, 1.165) is 16.0 Å². The van der Waals surface area contributed by atoms with Gasteiger partial charge in [-0.15, -0.1) is 0 Å². The van der Waals surface area contributed by atoms with E-state index in [4.69, 9.17) is 10.5 Å². The number of aliphatic hydroxyl groups excluding tert-OH is 1. The van der Waals surface area contributed by atoms with Crippen LogP contribution in [-0.4, -0.2) is 52.6 Å². The molecule has 0 saturated heterocycles. The van der Waals surface area contributed by atoms with Crippen molar-refractivity contribution in [1.29, 1.82) is 0 Å². The van der Waals surface area contributed by atoms with Crippen molar-refractivity contribution < 1.29 is 24.2 Å². The molecule has 0 aromatic heterocycles. The van der Waals surface area contributed by atoms with E-state index in [9.17, 15) is 19.5 Å². The molecule has 0 aliphatic carbocycles. The monoisotopic (exact) mass is 497 g/mol. The first-order chi connectivity index (χ1) is 17.1. The van der Waals surface area contributed by atoms with E-state index in [2.05, 4.69) is 5.32 Å². The zero-order chi connectivity index (χ0) is 26.7. The molecule has 0 unspecified atom stereocenters. The van der Waals surface area contributed by atoms with Crippen molar-refractivity contribution >= 4 is 17.9 Å². The molecule has 4 atom stereocenters. The van der Waals surface area contributed by atoms with Gasteiger partial charge in [-0.1, -0.05) is 94.8 Å². The summed E-state index contributed by atoms with van der Waals surface area (Å²) < 4.78 is 5.49. The second-order valence-electron chi connectivity index (χ2n) is 9.50. The SMILES string of the molecule is CC[C@H](C)[C@H](N)C(=O)N(C(=O)OCc1ccccc1)[C@@H](Cc1ccccc1)[C@@H](O)C(=O)NCC(C)C. The van der Waals surface area contributed by atoms with E-state index in [-0.39, 0.29) is 24.9 Å². The van der Waals surface area contributed by atoms with Crippen molar-refractivity contribution in [2.24, 2.45) is 17.6 Å². The Bertz CT molecular complexity index is 968. The van der Waals surface area contributed by atoms with Gasteiger partial charge in [0, 0.05) is 6.54 Å². The number of aliphatic hydroxyl groups is 1. The first-order valence-corrected chi connectivity index (χ1v) is 12.4. The van der Waals surface area contributed by atoms with Crippen molar-refractivity contribution in [2.75, 3.05) is 6.54 Å². The molecule has 8 nitrogen and oxygen atoms in total. The van der Waals surface area contributed by atoms with Crippen LogP contribution in [0.1, 0.15) is 45.2 Å². The zero-order valence-electron chi connectivity index (χ0n) is 21.6. The van der Waals surface area contributed by atoms with E-state index in [1.165, 1.54) is 0 Å². The van der Waals surface area contributed by atoms with Gasteiger partial charge in [0.1, 0.15) is 6.61 Å². The summed E-state index contributed by atoms with van der Waals surface area (Å²) in [6, 6.07) is 15.9. The molecule has 0 saturated carbocycles. The number of nitrogens with zero attached hydrogens (tertiary/aromatic N) is 1. The molecular formula is C28H39N3O5. The van der Waals surface area contributed by atoms with Gasteiger partial charge >= 0.3 is 6.09 Å². The molecule has 0 spiro atoms. The summed E-state index contributed by atoms with van der Waals surface area (Å²) in [5.41, 5.74) is 7.72. The van der Waals surface area contributed by atoms with Crippen LogP contribution < -0.4 is 11.1 Å². The summed E-state index contributed by atoms with van der Waals surface area (Å²) in [6.07, 6.45) is -1.97. The maximum Gasteiger partial charge on any atom is 0.417 e. The summed E-state index contributed by atoms with van der Waals surface area (Å²) in [5, 5.41) is 13.8. The summed E-state index contributed by atoms with van der Waals surface area (Å²) in [6.45, 7) is 7.83. The molecule has 36 heavy (non-hydrogen) atoms. The van der Waals surface area contributed by atoms with Crippen molar-refractivity contribution in [1.82, 2.24) is 10.2 Å². The lowest BCUT2D eigenvalue weighted by Gasteiger charge is -2.34. The molecule has 4 N–H and O–H groups in total. The van der Waals surface area contributed by atoms with Crippen LogP contribution in [0.3, 0.4) is 0 Å². The predicted molar refractivity (Wildman–Crippen MR) is 139 cm³/mol. The molecule has 2 aromatic rings. The lowest BCUT2D eigenvalue weighted by molar-refractivity contribution is -0.141. The first kappa shape index (κ1) is 29.0. The van der Waals surface area contributed by atoms with Gasteiger partial charge in [-0.05, 0) is 29.4 Å². The first-order valence-electron chi connectivity index (χ1n) is 12.4. The third kappa shape index (κ3) is 8.46. The Morgan fingerprint density at radius 1 is 0.972 bits per heavy atom. The van der Waals surface area contributed by atoms with Crippen molar-refractivity contribution in [3.63, 3.8) is 0 Å². The minimum atomic E-state index is -1.68. The second-order valence-corrected chi connectivity index (χ2v) is 9.50. The smallest absolute Gasteiger partial charge is 0.417 e. The maximum atomic E-state index is 13.6. The van der Waals surface area contributed by atoms with Crippen LogP contribution in [-0.2, 0) is 27.4 Å². The Morgan fingerprint density at radius 2 is 1.53 bits per heavy atom. The maximum absolute atomic E-state index is 13.6. The number of amides is 3. The highest BCUT2D eigenvalue weighted by Crippen LogP contribution is 2.19. The van der Waals surface area contributed by atoms with E-state index >= 15 is 0 Å². The largest absolute Gasteiger partial charge is 0.444 e. The Hall–Kier alpha value is -3.23. The fourth-order valence-corrected chi connectivity index (χ4v) is 3.62. The van der Waals surface area contributed by atoms with Gasteiger partial charge in [-0.2, -0.15) is 0 Å². The highest BCUT2D eigenvalue weighted by molar-refractivity contribution is 5.96. The molecule has 0 radical (unpaired) electrons. The number of carbonyl (C=O) groups excluding carboxylic acids is 3. The molecule has 2 aromatic carbocycles. The van der Waals surface area contributed by atoms with Gasteiger partial charge in [-0.3, -0.25) is 9.59 Å². The standard InChI is InChI=1S/C28H39N3O5/c1-5-20(4)24(29)27(34)31(28(35)36-18-22-14-10-7-11-15-22)23(16-21-12-8-6-9-13-21)25(32)26(33)30-17-19(2)3/h6-15,19-20,23-25,32H,5,16-18,29H2,1-4H3,(H,30,33)/t20-,23-,24-,25+/m0/s1. The van der Waals surface area contributed by atoms with Crippen molar-refractivity contribution in [2.45, 2.75) is 65.3 Å². The molecule has 0 heterocycles. The molecule has 3 amide bonds. The predicted octanol–water partition coefficient (Wildman–Crippen LogP) is 3.27. The minimum Gasteiger partial charge on any atom is -0.444 e. The summed E-state index contributed by atoms with van der Waals surface area (Å²) in [5.74, 6) is -1.44. The van der Waals surface area contributed by atoms with Gasteiger partial charge in [0.2, 0.25) is 5.91 Å². The van der Waals surface area contributed by atoms with Crippen LogP contribution in [0.2, 0.25) is 0 Å². The minimum absolute atomic E-state index is 0.0521. The van der Waals surface area contributed by atoms with Crippen molar-refractivity contribution in [3.8, 4) is 0 Å². The van der Waals surface area contributed by atoms with Gasteiger partial charge in [-0.25, -0.2) is 9.69 Å². The van der Waals surface area contributed by atoms with Crippen LogP contribution >= 0.6 is 0 Å². The average molecular weight is 498 g/mol. The van der Waals surface area contributed by atoms with Gasteiger partial charge in [0.15, 0.2) is 6.10 Å². The van der Waals surface area contributed by atoms with Crippen LogP contribution in [0.5, 0.6) is 0 Å². The quantitative estimate of drug-likeness (QED) is 0.414. The number of ether oxygens (including phenoxy) is 1. The number of carbonyl (C=O) groups is 3. The zero-order valence-corrected chi connectivity index (χ0v) is 21.6. The number of rotatable bonds is 12.